The maximum absolute atomic E-state index is 6.14. The molecule has 0 atom stereocenters. The molecule has 0 N–H and O–H groups in total. The quantitative estimate of drug-likeness (QED) is 0.421. The lowest BCUT2D eigenvalue weighted by molar-refractivity contribution is 0.508. The van der Waals surface area contributed by atoms with Crippen molar-refractivity contribution in [1.29, 1.82) is 0 Å². The third-order valence-electron chi connectivity index (χ3n) is 5.02. The topological polar surface area (TPSA) is 30.7 Å². The van der Waals surface area contributed by atoms with E-state index in [0.717, 1.165) is 28.4 Å². The first-order valence-electron chi connectivity index (χ1n) is 9.96. The third-order valence-corrected chi connectivity index (χ3v) is 5.28. The molecule has 3 nitrogen and oxygen atoms in total. The van der Waals surface area contributed by atoms with Gasteiger partial charge in [-0.3, -0.25) is 4.98 Å². The molecule has 0 aliphatic rings. The normalized spacial score (nSPS) is 11.3. The molecule has 0 aliphatic heterocycles. The molecule has 0 amide bonds. The minimum atomic E-state index is 0.488. The molecular formula is C23H28ClN3. The molecule has 0 radical (unpaired) electrons. The van der Waals surface area contributed by atoms with Crippen molar-refractivity contribution < 1.29 is 0 Å². The van der Waals surface area contributed by atoms with Gasteiger partial charge in [0, 0.05) is 41.0 Å². The molecule has 0 unspecified atom stereocenters. The highest BCUT2D eigenvalue weighted by Crippen LogP contribution is 2.37. The van der Waals surface area contributed by atoms with E-state index in [9.17, 15) is 0 Å². The van der Waals surface area contributed by atoms with Crippen LogP contribution in [0.25, 0.3) is 22.5 Å². The fourth-order valence-corrected chi connectivity index (χ4v) is 3.94. The lowest BCUT2D eigenvalue weighted by Gasteiger charge is -2.18. The number of hydrogen-bond acceptors (Lipinski definition) is 2. The molecule has 0 saturated carbocycles. The van der Waals surface area contributed by atoms with Crippen molar-refractivity contribution in [3.8, 4) is 22.5 Å². The van der Waals surface area contributed by atoms with Crippen molar-refractivity contribution in [1.82, 2.24) is 14.5 Å². The second-order valence-electron chi connectivity index (χ2n) is 6.93. The lowest BCUT2D eigenvalue weighted by Crippen LogP contribution is -2.09. The van der Waals surface area contributed by atoms with E-state index in [4.69, 9.17) is 16.6 Å². The van der Waals surface area contributed by atoms with E-state index in [1.165, 1.54) is 37.2 Å². The standard InChI is InChI=1S/C23H28ClN3/c1-4-7-19(8-5-2)23-26-21(17-13-15-25-16-14-17)22(27(23)6-3)18-9-11-20(24)12-10-18/h9-16,19H,4-8H2,1-3H3. The van der Waals surface area contributed by atoms with E-state index < -0.39 is 0 Å². The second-order valence-corrected chi connectivity index (χ2v) is 7.36. The van der Waals surface area contributed by atoms with E-state index in [1.54, 1.807) is 0 Å². The Morgan fingerprint density at radius 2 is 1.52 bits per heavy atom. The van der Waals surface area contributed by atoms with Crippen LogP contribution in [0.4, 0.5) is 0 Å². The second kappa shape index (κ2) is 9.18. The summed E-state index contributed by atoms with van der Waals surface area (Å²) in [6.45, 7) is 7.61. The van der Waals surface area contributed by atoms with Crippen LogP contribution in [0.15, 0.2) is 48.8 Å². The molecule has 0 fully saturated rings. The van der Waals surface area contributed by atoms with Crippen molar-refractivity contribution in [3.05, 3.63) is 59.6 Å². The van der Waals surface area contributed by atoms with Gasteiger partial charge in [-0.15, -0.1) is 0 Å². The summed E-state index contributed by atoms with van der Waals surface area (Å²) in [7, 11) is 0. The first kappa shape index (κ1) is 19.6. The molecule has 27 heavy (non-hydrogen) atoms. The van der Waals surface area contributed by atoms with Crippen LogP contribution < -0.4 is 0 Å². The van der Waals surface area contributed by atoms with E-state index >= 15 is 0 Å². The Bertz CT molecular complexity index is 847. The van der Waals surface area contributed by atoms with Crippen molar-refractivity contribution in [3.63, 3.8) is 0 Å². The van der Waals surface area contributed by atoms with Crippen LogP contribution in [0.5, 0.6) is 0 Å². The van der Waals surface area contributed by atoms with Crippen molar-refractivity contribution >= 4 is 11.6 Å². The zero-order valence-electron chi connectivity index (χ0n) is 16.5. The zero-order valence-corrected chi connectivity index (χ0v) is 17.2. The maximum Gasteiger partial charge on any atom is 0.113 e. The average molecular weight is 382 g/mol. The van der Waals surface area contributed by atoms with Crippen LogP contribution in [0.3, 0.4) is 0 Å². The van der Waals surface area contributed by atoms with Crippen molar-refractivity contribution in [2.75, 3.05) is 0 Å². The Hall–Kier alpha value is -2.13. The largest absolute Gasteiger partial charge is 0.328 e. The average Bonchev–Trinajstić information content (AvgIpc) is 3.08. The molecule has 2 aromatic heterocycles. The van der Waals surface area contributed by atoms with Gasteiger partial charge >= 0.3 is 0 Å². The van der Waals surface area contributed by atoms with E-state index in [0.29, 0.717) is 5.92 Å². The number of benzene rings is 1. The Balaban J connectivity index is 2.23. The summed E-state index contributed by atoms with van der Waals surface area (Å²) < 4.78 is 2.40. The predicted molar refractivity (Wildman–Crippen MR) is 114 cm³/mol. The number of pyridine rings is 1. The summed E-state index contributed by atoms with van der Waals surface area (Å²) in [6.07, 6.45) is 8.34. The highest BCUT2D eigenvalue weighted by atomic mass is 35.5. The van der Waals surface area contributed by atoms with Crippen molar-refractivity contribution in [2.45, 2.75) is 58.9 Å². The van der Waals surface area contributed by atoms with Gasteiger partial charge in [0.05, 0.1) is 11.4 Å². The summed E-state index contributed by atoms with van der Waals surface area (Å²) in [4.78, 5) is 9.37. The lowest BCUT2D eigenvalue weighted by atomic mass is 9.97. The van der Waals surface area contributed by atoms with Crippen LogP contribution in [0, 0.1) is 0 Å². The fraction of sp³-hybridized carbons (Fsp3) is 0.391. The van der Waals surface area contributed by atoms with Gasteiger partial charge in [0.25, 0.3) is 0 Å². The minimum absolute atomic E-state index is 0.488. The molecule has 0 aliphatic carbocycles. The highest BCUT2D eigenvalue weighted by molar-refractivity contribution is 6.30. The number of hydrogen-bond donors (Lipinski definition) is 0. The summed E-state index contributed by atoms with van der Waals surface area (Å²) in [5.41, 5.74) is 4.47. The molecule has 2 heterocycles. The number of rotatable bonds is 8. The Kier molecular flexibility index (Phi) is 6.68. The molecule has 3 aromatic rings. The van der Waals surface area contributed by atoms with Gasteiger partial charge in [0.15, 0.2) is 0 Å². The van der Waals surface area contributed by atoms with Gasteiger partial charge in [-0.25, -0.2) is 4.98 Å². The van der Waals surface area contributed by atoms with Crippen LogP contribution in [0.2, 0.25) is 5.02 Å². The molecular weight excluding hydrogens is 354 g/mol. The summed E-state index contributed by atoms with van der Waals surface area (Å²) in [6, 6.07) is 12.2. The molecule has 142 valence electrons. The van der Waals surface area contributed by atoms with E-state index in [-0.39, 0.29) is 0 Å². The van der Waals surface area contributed by atoms with Gasteiger partial charge in [-0.1, -0.05) is 50.4 Å². The van der Waals surface area contributed by atoms with Crippen LogP contribution in [-0.2, 0) is 6.54 Å². The molecule has 3 rings (SSSR count). The van der Waals surface area contributed by atoms with Gasteiger partial charge in [0.2, 0.25) is 0 Å². The zero-order chi connectivity index (χ0) is 19.2. The number of nitrogens with zero attached hydrogens (tertiary/aromatic N) is 3. The van der Waals surface area contributed by atoms with Gasteiger partial charge in [0.1, 0.15) is 5.82 Å². The van der Waals surface area contributed by atoms with Crippen LogP contribution >= 0.6 is 11.6 Å². The van der Waals surface area contributed by atoms with Crippen LogP contribution in [0.1, 0.15) is 58.2 Å². The summed E-state index contributed by atoms with van der Waals surface area (Å²) >= 11 is 6.14. The summed E-state index contributed by atoms with van der Waals surface area (Å²) in [5.74, 6) is 1.69. The third kappa shape index (κ3) is 4.24. The van der Waals surface area contributed by atoms with Gasteiger partial charge in [-0.05, 0) is 44.0 Å². The van der Waals surface area contributed by atoms with Crippen LogP contribution in [-0.4, -0.2) is 14.5 Å². The first-order valence-corrected chi connectivity index (χ1v) is 10.3. The van der Waals surface area contributed by atoms with Crippen molar-refractivity contribution in [2.24, 2.45) is 0 Å². The van der Waals surface area contributed by atoms with E-state index in [2.05, 4.69) is 42.5 Å². The summed E-state index contributed by atoms with van der Waals surface area (Å²) in [5, 5.41) is 0.752. The smallest absolute Gasteiger partial charge is 0.113 e. The molecule has 0 bridgehead atoms. The van der Waals surface area contributed by atoms with Gasteiger partial charge < -0.3 is 4.57 Å². The molecule has 0 spiro atoms. The first-order chi connectivity index (χ1) is 13.2. The number of imidazole rings is 1. The Morgan fingerprint density at radius 3 is 2.07 bits per heavy atom. The van der Waals surface area contributed by atoms with Gasteiger partial charge in [-0.2, -0.15) is 0 Å². The molecule has 4 heteroatoms. The predicted octanol–water partition coefficient (Wildman–Crippen LogP) is 6.97. The molecule has 0 saturated heterocycles. The minimum Gasteiger partial charge on any atom is -0.328 e. The Morgan fingerprint density at radius 1 is 0.889 bits per heavy atom. The van der Waals surface area contributed by atoms with E-state index in [1.807, 2.05) is 36.7 Å². The monoisotopic (exact) mass is 381 g/mol. The number of halogens is 1. The molecule has 1 aromatic carbocycles. The Labute approximate surface area is 167 Å². The number of aromatic nitrogens is 3. The highest BCUT2D eigenvalue weighted by Gasteiger charge is 2.24. The SMILES string of the molecule is CCCC(CCC)c1nc(-c2ccncc2)c(-c2ccc(Cl)cc2)n1CC. The maximum atomic E-state index is 6.14. The fourth-order valence-electron chi connectivity index (χ4n) is 3.81.